The molecule has 2 amide bonds. The van der Waals surface area contributed by atoms with Crippen molar-refractivity contribution < 1.29 is 23.2 Å². The Kier molecular flexibility index (Phi) is 5.92. The molecule has 0 unspecified atom stereocenters. The number of carbonyl (C=O) groups is 2. The van der Waals surface area contributed by atoms with E-state index in [0.717, 1.165) is 25.1 Å². The molecule has 0 atom stereocenters. The lowest BCUT2D eigenvalue weighted by Gasteiger charge is -2.30. The third kappa shape index (κ3) is 4.55. The monoisotopic (exact) mass is 424 g/mol. The number of rotatable bonds is 7. The normalized spacial score (nSPS) is 12.9. The molecule has 0 bridgehead atoms. The van der Waals surface area contributed by atoms with E-state index in [1.54, 1.807) is 18.2 Å². The van der Waals surface area contributed by atoms with Crippen LogP contribution in [0, 0.1) is 5.82 Å². The fourth-order valence-corrected chi connectivity index (χ4v) is 3.15. The average Bonchev–Trinajstić information content (AvgIpc) is 3.23. The molecule has 31 heavy (non-hydrogen) atoms. The molecule has 8 nitrogen and oxygen atoms in total. The highest BCUT2D eigenvalue weighted by atomic mass is 19.1. The standard InChI is InChI=1S/C22H21FN4O4/c1-30-18-8-7-16(13-17(18)23)19-25-21(31-26-19)20(28)24-10-9-14-3-5-15(6-4-14)22(29)27-11-2-12-27/h3-8,13H,2,9-12H2,1H3,(H,24,28). The van der Waals surface area contributed by atoms with Gasteiger partial charge in [-0.15, -0.1) is 0 Å². The summed E-state index contributed by atoms with van der Waals surface area (Å²) in [5, 5.41) is 6.44. The number of likely N-dealkylation sites (tertiary alicyclic amines) is 1. The summed E-state index contributed by atoms with van der Waals surface area (Å²) in [4.78, 5) is 30.3. The molecule has 160 valence electrons. The Morgan fingerprint density at radius 3 is 2.61 bits per heavy atom. The molecule has 9 heteroatoms. The minimum Gasteiger partial charge on any atom is -0.494 e. The molecule has 0 spiro atoms. The zero-order valence-electron chi connectivity index (χ0n) is 16.9. The second-order valence-electron chi connectivity index (χ2n) is 7.12. The largest absolute Gasteiger partial charge is 0.494 e. The van der Waals surface area contributed by atoms with Crippen molar-refractivity contribution in [3.63, 3.8) is 0 Å². The van der Waals surface area contributed by atoms with Gasteiger partial charge in [0, 0.05) is 30.8 Å². The molecule has 0 aliphatic carbocycles. The number of aromatic nitrogens is 2. The molecule has 1 aliphatic rings. The van der Waals surface area contributed by atoms with Crippen LogP contribution in [0.3, 0.4) is 0 Å². The lowest BCUT2D eigenvalue weighted by Crippen LogP contribution is -2.41. The number of nitrogens with zero attached hydrogens (tertiary/aromatic N) is 3. The predicted molar refractivity (Wildman–Crippen MR) is 109 cm³/mol. The van der Waals surface area contributed by atoms with Crippen LogP contribution in [0.4, 0.5) is 4.39 Å². The topological polar surface area (TPSA) is 97.6 Å². The first-order chi connectivity index (χ1) is 15.0. The first-order valence-corrected chi connectivity index (χ1v) is 9.89. The molecule has 3 aromatic rings. The van der Waals surface area contributed by atoms with Crippen molar-refractivity contribution >= 4 is 11.8 Å². The van der Waals surface area contributed by atoms with Crippen molar-refractivity contribution in [2.45, 2.75) is 12.8 Å². The Morgan fingerprint density at radius 2 is 1.97 bits per heavy atom. The summed E-state index contributed by atoms with van der Waals surface area (Å²) in [6.07, 6.45) is 1.64. The lowest BCUT2D eigenvalue weighted by atomic mass is 10.1. The van der Waals surface area contributed by atoms with E-state index in [1.807, 2.05) is 17.0 Å². The molecule has 2 aromatic carbocycles. The van der Waals surface area contributed by atoms with Gasteiger partial charge >= 0.3 is 11.8 Å². The van der Waals surface area contributed by atoms with Crippen LogP contribution in [-0.4, -0.2) is 53.6 Å². The van der Waals surface area contributed by atoms with Crippen LogP contribution >= 0.6 is 0 Å². The maximum absolute atomic E-state index is 13.8. The number of hydrogen-bond donors (Lipinski definition) is 1. The number of amides is 2. The van der Waals surface area contributed by atoms with E-state index >= 15 is 0 Å². The predicted octanol–water partition coefficient (Wildman–Crippen LogP) is 2.70. The van der Waals surface area contributed by atoms with E-state index in [-0.39, 0.29) is 23.4 Å². The van der Waals surface area contributed by atoms with Gasteiger partial charge in [0.1, 0.15) is 0 Å². The molecular formula is C22H21FN4O4. The Bertz CT molecular complexity index is 1090. The van der Waals surface area contributed by atoms with Crippen LogP contribution in [0.5, 0.6) is 5.75 Å². The summed E-state index contributed by atoms with van der Waals surface area (Å²) in [5.74, 6) is -1.03. The van der Waals surface area contributed by atoms with Crippen LogP contribution in [0.2, 0.25) is 0 Å². The van der Waals surface area contributed by atoms with E-state index in [0.29, 0.717) is 24.1 Å². The number of halogens is 1. The number of hydrogen-bond acceptors (Lipinski definition) is 6. The highest BCUT2D eigenvalue weighted by molar-refractivity contribution is 5.94. The summed E-state index contributed by atoms with van der Waals surface area (Å²) >= 11 is 0. The van der Waals surface area contributed by atoms with Crippen LogP contribution in [0.1, 0.15) is 33.0 Å². The van der Waals surface area contributed by atoms with Crippen molar-refractivity contribution in [3.8, 4) is 17.1 Å². The molecular weight excluding hydrogens is 403 g/mol. The lowest BCUT2D eigenvalue weighted by molar-refractivity contribution is 0.0651. The number of carbonyl (C=O) groups excluding carboxylic acids is 2. The van der Waals surface area contributed by atoms with Gasteiger partial charge < -0.3 is 19.5 Å². The third-order valence-electron chi connectivity index (χ3n) is 5.07. The molecule has 0 radical (unpaired) electrons. The van der Waals surface area contributed by atoms with Crippen LogP contribution in [0.25, 0.3) is 11.4 Å². The summed E-state index contributed by atoms with van der Waals surface area (Å²) in [7, 11) is 1.37. The SMILES string of the molecule is COc1ccc(-c2noc(C(=O)NCCc3ccc(C(=O)N4CCC4)cc3)n2)cc1F. The van der Waals surface area contributed by atoms with E-state index in [2.05, 4.69) is 15.5 Å². The number of methoxy groups -OCH3 is 1. The second-order valence-corrected chi connectivity index (χ2v) is 7.12. The van der Waals surface area contributed by atoms with Crippen LogP contribution in [-0.2, 0) is 6.42 Å². The number of ether oxygens (including phenoxy) is 1. The van der Waals surface area contributed by atoms with Gasteiger partial charge in [-0.25, -0.2) is 4.39 Å². The van der Waals surface area contributed by atoms with Crippen LogP contribution < -0.4 is 10.1 Å². The van der Waals surface area contributed by atoms with Gasteiger partial charge in [-0.05, 0) is 48.7 Å². The molecule has 1 N–H and O–H groups in total. The zero-order valence-corrected chi connectivity index (χ0v) is 16.9. The third-order valence-corrected chi connectivity index (χ3v) is 5.07. The average molecular weight is 424 g/mol. The fraction of sp³-hybridized carbons (Fsp3) is 0.273. The highest BCUT2D eigenvalue weighted by Gasteiger charge is 2.21. The Balaban J connectivity index is 1.30. The Labute approximate surface area is 178 Å². The van der Waals surface area contributed by atoms with Crippen molar-refractivity contribution in [3.05, 3.63) is 65.3 Å². The maximum Gasteiger partial charge on any atom is 0.316 e. The number of nitrogens with one attached hydrogen (secondary N) is 1. The Morgan fingerprint density at radius 1 is 1.19 bits per heavy atom. The minimum absolute atomic E-state index is 0.0510. The van der Waals surface area contributed by atoms with Gasteiger partial charge in [0.2, 0.25) is 5.82 Å². The molecule has 0 saturated carbocycles. The van der Waals surface area contributed by atoms with Crippen molar-refractivity contribution in [2.24, 2.45) is 0 Å². The van der Waals surface area contributed by atoms with Crippen molar-refractivity contribution in [1.82, 2.24) is 20.4 Å². The van der Waals surface area contributed by atoms with Crippen molar-refractivity contribution in [1.29, 1.82) is 0 Å². The summed E-state index contributed by atoms with van der Waals surface area (Å²) < 4.78 is 23.7. The Hall–Kier alpha value is -3.75. The maximum atomic E-state index is 13.8. The van der Waals surface area contributed by atoms with E-state index in [4.69, 9.17) is 9.26 Å². The summed E-state index contributed by atoms with van der Waals surface area (Å²) in [6, 6.07) is 11.6. The summed E-state index contributed by atoms with van der Waals surface area (Å²) in [5.41, 5.74) is 2.02. The molecule has 1 aromatic heterocycles. The fourth-order valence-electron chi connectivity index (χ4n) is 3.15. The summed E-state index contributed by atoms with van der Waals surface area (Å²) in [6.45, 7) is 1.99. The molecule has 1 aliphatic heterocycles. The highest BCUT2D eigenvalue weighted by Crippen LogP contribution is 2.23. The van der Waals surface area contributed by atoms with Gasteiger partial charge in [-0.3, -0.25) is 9.59 Å². The van der Waals surface area contributed by atoms with Gasteiger partial charge in [-0.2, -0.15) is 4.98 Å². The molecule has 2 heterocycles. The number of benzene rings is 2. The van der Waals surface area contributed by atoms with E-state index in [9.17, 15) is 14.0 Å². The smallest absolute Gasteiger partial charge is 0.316 e. The van der Waals surface area contributed by atoms with Gasteiger partial charge in [-0.1, -0.05) is 17.3 Å². The molecule has 4 rings (SSSR count). The van der Waals surface area contributed by atoms with Gasteiger partial charge in [0.05, 0.1) is 7.11 Å². The first-order valence-electron chi connectivity index (χ1n) is 9.89. The van der Waals surface area contributed by atoms with Crippen molar-refractivity contribution in [2.75, 3.05) is 26.7 Å². The molecule has 1 fully saturated rings. The zero-order chi connectivity index (χ0) is 21.8. The van der Waals surface area contributed by atoms with E-state index < -0.39 is 11.7 Å². The van der Waals surface area contributed by atoms with Gasteiger partial charge in [0.25, 0.3) is 5.91 Å². The second kappa shape index (κ2) is 8.95. The van der Waals surface area contributed by atoms with Crippen LogP contribution in [0.15, 0.2) is 47.0 Å². The first kappa shape index (κ1) is 20.5. The molecule has 1 saturated heterocycles. The van der Waals surface area contributed by atoms with Gasteiger partial charge in [0.15, 0.2) is 11.6 Å². The van der Waals surface area contributed by atoms with E-state index in [1.165, 1.54) is 19.2 Å². The quantitative estimate of drug-likeness (QED) is 0.626. The minimum atomic E-state index is -0.562.